The molecule has 0 spiro atoms. The predicted molar refractivity (Wildman–Crippen MR) is 76.1 cm³/mol. The Morgan fingerprint density at radius 3 is 2.50 bits per heavy atom. The van der Waals surface area contributed by atoms with E-state index in [0.29, 0.717) is 17.3 Å². The second-order valence-corrected chi connectivity index (χ2v) is 4.81. The summed E-state index contributed by atoms with van der Waals surface area (Å²) < 4.78 is 5.73. The number of aryl methyl sites for hydroxylation is 2. The molecule has 0 aliphatic carbocycles. The summed E-state index contributed by atoms with van der Waals surface area (Å²) in [5.41, 5.74) is 9.95. The largest absolute Gasteiger partial charge is 0.489 e. The van der Waals surface area contributed by atoms with E-state index in [-0.39, 0.29) is 0 Å². The predicted octanol–water partition coefficient (Wildman–Crippen LogP) is 4.12. The molecule has 0 saturated carbocycles. The van der Waals surface area contributed by atoms with Crippen molar-refractivity contribution in [3.63, 3.8) is 0 Å². The standard InChI is InChI=1S/C15H16ClNO/c1-10-3-6-14(7-11(10)2)18-9-12-4-5-13(16)8-15(12)17/h3-8H,9,17H2,1-2H3. The third-order valence-electron chi connectivity index (χ3n) is 2.98. The van der Waals surface area contributed by atoms with Gasteiger partial charge in [0.25, 0.3) is 0 Å². The lowest BCUT2D eigenvalue weighted by Crippen LogP contribution is -2.00. The summed E-state index contributed by atoms with van der Waals surface area (Å²) in [5, 5.41) is 0.641. The maximum atomic E-state index is 5.88. The molecule has 0 unspecified atom stereocenters. The Morgan fingerprint density at radius 2 is 1.83 bits per heavy atom. The number of rotatable bonds is 3. The summed E-state index contributed by atoms with van der Waals surface area (Å²) in [4.78, 5) is 0. The second-order valence-electron chi connectivity index (χ2n) is 4.38. The van der Waals surface area contributed by atoms with Crippen LogP contribution in [0.2, 0.25) is 5.02 Å². The van der Waals surface area contributed by atoms with Crippen LogP contribution in [0.4, 0.5) is 5.69 Å². The fourth-order valence-electron chi connectivity index (χ4n) is 1.66. The van der Waals surface area contributed by atoms with Crippen LogP contribution < -0.4 is 10.5 Å². The van der Waals surface area contributed by atoms with E-state index in [4.69, 9.17) is 22.1 Å². The van der Waals surface area contributed by atoms with Gasteiger partial charge in [0.05, 0.1) is 0 Å². The summed E-state index contributed by atoms with van der Waals surface area (Å²) in [6, 6.07) is 11.5. The Kier molecular flexibility index (Phi) is 3.78. The lowest BCUT2D eigenvalue weighted by atomic mass is 10.1. The van der Waals surface area contributed by atoms with Crippen molar-refractivity contribution in [2.75, 3.05) is 5.73 Å². The van der Waals surface area contributed by atoms with Crippen LogP contribution in [0, 0.1) is 13.8 Å². The van der Waals surface area contributed by atoms with Crippen molar-refractivity contribution in [1.82, 2.24) is 0 Å². The first kappa shape index (κ1) is 12.8. The Balaban J connectivity index is 2.09. The van der Waals surface area contributed by atoms with E-state index in [1.54, 1.807) is 6.07 Å². The van der Waals surface area contributed by atoms with Gasteiger partial charge in [-0.05, 0) is 49.2 Å². The molecule has 2 nitrogen and oxygen atoms in total. The normalized spacial score (nSPS) is 10.4. The first-order valence-corrected chi connectivity index (χ1v) is 6.18. The van der Waals surface area contributed by atoms with Crippen molar-refractivity contribution in [3.8, 4) is 5.75 Å². The quantitative estimate of drug-likeness (QED) is 0.844. The Bertz CT molecular complexity index is 566. The number of nitrogens with two attached hydrogens (primary N) is 1. The highest BCUT2D eigenvalue weighted by atomic mass is 35.5. The number of hydrogen-bond donors (Lipinski definition) is 1. The van der Waals surface area contributed by atoms with Gasteiger partial charge in [0.15, 0.2) is 0 Å². The van der Waals surface area contributed by atoms with Crippen LogP contribution in [0.15, 0.2) is 36.4 Å². The maximum Gasteiger partial charge on any atom is 0.120 e. The number of nitrogen functional groups attached to an aromatic ring is 1. The van der Waals surface area contributed by atoms with Crippen molar-refractivity contribution in [1.29, 1.82) is 0 Å². The smallest absolute Gasteiger partial charge is 0.120 e. The van der Waals surface area contributed by atoms with E-state index in [2.05, 4.69) is 19.9 Å². The molecule has 0 fully saturated rings. The molecule has 94 valence electrons. The molecule has 18 heavy (non-hydrogen) atoms. The molecular weight excluding hydrogens is 246 g/mol. The third-order valence-corrected chi connectivity index (χ3v) is 3.22. The van der Waals surface area contributed by atoms with Gasteiger partial charge < -0.3 is 10.5 Å². The first-order valence-electron chi connectivity index (χ1n) is 5.80. The van der Waals surface area contributed by atoms with Gasteiger partial charge in [-0.1, -0.05) is 23.7 Å². The van der Waals surface area contributed by atoms with E-state index in [1.165, 1.54) is 11.1 Å². The molecule has 0 heterocycles. The van der Waals surface area contributed by atoms with E-state index in [1.807, 2.05) is 24.3 Å². The molecule has 2 rings (SSSR count). The molecular formula is C15H16ClNO. The number of ether oxygens (including phenoxy) is 1. The number of halogens is 1. The van der Waals surface area contributed by atoms with Gasteiger partial charge in [0.1, 0.15) is 12.4 Å². The zero-order valence-corrected chi connectivity index (χ0v) is 11.3. The maximum absolute atomic E-state index is 5.88. The number of benzene rings is 2. The molecule has 2 N–H and O–H groups in total. The van der Waals surface area contributed by atoms with E-state index >= 15 is 0 Å². The third kappa shape index (κ3) is 2.96. The molecule has 0 radical (unpaired) electrons. The van der Waals surface area contributed by atoms with Crippen molar-refractivity contribution >= 4 is 17.3 Å². The fourth-order valence-corrected chi connectivity index (χ4v) is 1.84. The first-order chi connectivity index (χ1) is 8.56. The zero-order valence-electron chi connectivity index (χ0n) is 10.5. The molecule has 3 heteroatoms. The fraction of sp³-hybridized carbons (Fsp3) is 0.200. The van der Waals surface area contributed by atoms with Crippen LogP contribution in [-0.4, -0.2) is 0 Å². The molecule has 0 saturated heterocycles. The topological polar surface area (TPSA) is 35.2 Å². The van der Waals surface area contributed by atoms with Gasteiger partial charge in [-0.2, -0.15) is 0 Å². The van der Waals surface area contributed by atoms with Gasteiger partial charge in [-0.15, -0.1) is 0 Å². The van der Waals surface area contributed by atoms with Crippen LogP contribution in [0.3, 0.4) is 0 Å². The summed E-state index contributed by atoms with van der Waals surface area (Å²) in [5.74, 6) is 0.854. The highest BCUT2D eigenvalue weighted by molar-refractivity contribution is 6.30. The highest BCUT2D eigenvalue weighted by Gasteiger charge is 2.02. The minimum Gasteiger partial charge on any atom is -0.489 e. The van der Waals surface area contributed by atoms with E-state index in [0.717, 1.165) is 11.3 Å². The second kappa shape index (κ2) is 5.32. The molecule has 0 bridgehead atoms. The molecule has 0 amide bonds. The monoisotopic (exact) mass is 261 g/mol. The van der Waals surface area contributed by atoms with Gasteiger partial charge in [-0.3, -0.25) is 0 Å². The van der Waals surface area contributed by atoms with Crippen LogP contribution in [0.5, 0.6) is 5.75 Å². The summed E-state index contributed by atoms with van der Waals surface area (Å²) in [7, 11) is 0. The van der Waals surface area contributed by atoms with Gasteiger partial charge in [0.2, 0.25) is 0 Å². The molecule has 0 aliphatic rings. The SMILES string of the molecule is Cc1ccc(OCc2ccc(Cl)cc2N)cc1C. The summed E-state index contributed by atoms with van der Waals surface area (Å²) in [6.45, 7) is 4.60. The lowest BCUT2D eigenvalue weighted by Gasteiger charge is -2.10. The van der Waals surface area contributed by atoms with Crippen LogP contribution in [0.25, 0.3) is 0 Å². The Labute approximate surface area is 112 Å². The van der Waals surface area contributed by atoms with Gasteiger partial charge >= 0.3 is 0 Å². The van der Waals surface area contributed by atoms with Crippen LogP contribution >= 0.6 is 11.6 Å². The molecule has 0 aliphatic heterocycles. The minimum atomic E-state index is 0.450. The van der Waals surface area contributed by atoms with Crippen molar-refractivity contribution in [2.24, 2.45) is 0 Å². The average molecular weight is 262 g/mol. The Hall–Kier alpha value is -1.67. The highest BCUT2D eigenvalue weighted by Crippen LogP contribution is 2.21. The number of anilines is 1. The van der Waals surface area contributed by atoms with Gasteiger partial charge in [0, 0.05) is 16.3 Å². The minimum absolute atomic E-state index is 0.450. The average Bonchev–Trinajstić information content (AvgIpc) is 2.32. The zero-order chi connectivity index (χ0) is 13.1. The van der Waals surface area contributed by atoms with Crippen molar-refractivity contribution in [2.45, 2.75) is 20.5 Å². The summed E-state index contributed by atoms with van der Waals surface area (Å²) in [6.07, 6.45) is 0. The Morgan fingerprint density at radius 1 is 1.06 bits per heavy atom. The number of hydrogen-bond acceptors (Lipinski definition) is 2. The van der Waals surface area contributed by atoms with Crippen molar-refractivity contribution < 1.29 is 4.74 Å². The lowest BCUT2D eigenvalue weighted by molar-refractivity contribution is 0.306. The van der Waals surface area contributed by atoms with Crippen molar-refractivity contribution in [3.05, 3.63) is 58.1 Å². The molecule has 0 atom stereocenters. The molecule has 2 aromatic rings. The summed E-state index contributed by atoms with van der Waals surface area (Å²) >= 11 is 5.85. The van der Waals surface area contributed by atoms with Crippen LogP contribution in [0.1, 0.15) is 16.7 Å². The molecule has 0 aromatic heterocycles. The van der Waals surface area contributed by atoms with Crippen LogP contribution in [-0.2, 0) is 6.61 Å². The van der Waals surface area contributed by atoms with E-state index < -0.39 is 0 Å². The molecule has 2 aromatic carbocycles. The van der Waals surface area contributed by atoms with E-state index in [9.17, 15) is 0 Å². The van der Waals surface area contributed by atoms with Gasteiger partial charge in [-0.25, -0.2) is 0 Å².